The third-order valence-electron chi connectivity index (χ3n) is 6.68. The van der Waals surface area contributed by atoms with Gasteiger partial charge in [0.1, 0.15) is 23.1 Å². The van der Waals surface area contributed by atoms with Gasteiger partial charge in [-0.05, 0) is 48.4 Å². The number of nitrogen functional groups attached to an aromatic ring is 1. The lowest BCUT2D eigenvalue weighted by molar-refractivity contribution is 0.0826. The molecule has 1 aliphatic heterocycles. The Morgan fingerprint density at radius 2 is 1.86 bits per heavy atom. The second-order valence-electron chi connectivity index (χ2n) is 9.36. The predicted octanol–water partition coefficient (Wildman–Crippen LogP) is 3.88. The van der Waals surface area contributed by atoms with Gasteiger partial charge in [0, 0.05) is 74.7 Å². The molecule has 0 aliphatic carbocycles. The fourth-order valence-electron chi connectivity index (χ4n) is 4.71. The van der Waals surface area contributed by atoms with E-state index in [1.165, 1.54) is 4.90 Å². The Morgan fingerprint density at radius 1 is 1.11 bits per heavy atom. The first-order chi connectivity index (χ1) is 17.7. The fraction of sp³-hybridized carbons (Fsp3) is 0.259. The minimum atomic E-state index is -0.719. The molecule has 5 rings (SSSR count). The van der Waals surface area contributed by atoms with Gasteiger partial charge >= 0.3 is 0 Å². The third-order valence-corrected chi connectivity index (χ3v) is 6.68. The van der Waals surface area contributed by atoms with E-state index in [9.17, 15) is 13.6 Å². The summed E-state index contributed by atoms with van der Waals surface area (Å²) in [7, 11) is 5.06. The number of fused-ring (bicyclic) bond motifs is 1. The van der Waals surface area contributed by atoms with Crippen molar-refractivity contribution in [1.29, 1.82) is 0 Å². The summed E-state index contributed by atoms with van der Waals surface area (Å²) in [4.78, 5) is 20.2. The van der Waals surface area contributed by atoms with Gasteiger partial charge in [-0.1, -0.05) is 6.08 Å². The van der Waals surface area contributed by atoms with Crippen LogP contribution in [-0.2, 0) is 13.6 Å². The maximum absolute atomic E-state index is 14.8. The van der Waals surface area contributed by atoms with Crippen LogP contribution >= 0.6 is 0 Å². The first-order valence-electron chi connectivity index (χ1n) is 11.9. The molecule has 1 aromatic carbocycles. The van der Waals surface area contributed by atoms with Gasteiger partial charge in [0.15, 0.2) is 0 Å². The van der Waals surface area contributed by atoms with Gasteiger partial charge in [-0.25, -0.2) is 13.8 Å². The van der Waals surface area contributed by atoms with E-state index >= 15 is 0 Å². The average molecular weight is 504 g/mol. The van der Waals surface area contributed by atoms with Gasteiger partial charge in [-0.3, -0.25) is 9.69 Å². The van der Waals surface area contributed by atoms with Crippen molar-refractivity contribution in [3.8, 4) is 11.3 Å². The lowest BCUT2D eigenvalue weighted by atomic mass is 9.96. The number of amides is 1. The van der Waals surface area contributed by atoms with Crippen LogP contribution in [0.3, 0.4) is 0 Å². The Hall–Kier alpha value is -4.18. The number of aromatic nitrogens is 4. The molecule has 0 bridgehead atoms. The molecule has 0 unspecified atom stereocenters. The van der Waals surface area contributed by atoms with Crippen LogP contribution < -0.4 is 5.73 Å². The summed E-state index contributed by atoms with van der Waals surface area (Å²) in [6.45, 7) is 1.82. The molecule has 190 valence electrons. The normalized spacial score (nSPS) is 14.1. The molecule has 4 heterocycles. The number of rotatable bonds is 5. The predicted molar refractivity (Wildman–Crippen MR) is 138 cm³/mol. The van der Waals surface area contributed by atoms with Crippen LogP contribution in [0.25, 0.3) is 27.9 Å². The van der Waals surface area contributed by atoms with Gasteiger partial charge < -0.3 is 15.2 Å². The highest BCUT2D eigenvalue weighted by Gasteiger charge is 2.23. The lowest BCUT2D eigenvalue weighted by Gasteiger charge is -2.27. The highest BCUT2D eigenvalue weighted by Crippen LogP contribution is 2.31. The van der Waals surface area contributed by atoms with Gasteiger partial charge in [-0.2, -0.15) is 0 Å². The first-order valence-corrected chi connectivity index (χ1v) is 11.9. The smallest absolute Gasteiger partial charge is 0.253 e. The number of aryl methyl sites for hydroxylation is 1. The molecular weight excluding hydrogens is 476 g/mol. The summed E-state index contributed by atoms with van der Waals surface area (Å²) in [5.41, 5.74) is 9.75. The molecule has 3 aromatic heterocycles. The molecule has 8 nitrogen and oxygen atoms in total. The van der Waals surface area contributed by atoms with Crippen LogP contribution in [-0.4, -0.2) is 62.6 Å². The molecule has 37 heavy (non-hydrogen) atoms. The number of halogens is 2. The highest BCUT2D eigenvalue weighted by atomic mass is 19.1. The minimum absolute atomic E-state index is 0.00418. The van der Waals surface area contributed by atoms with Gasteiger partial charge in [0.2, 0.25) is 0 Å². The Kier molecular flexibility index (Phi) is 6.43. The summed E-state index contributed by atoms with van der Waals surface area (Å²) in [6.07, 6.45) is 4.09. The largest absolute Gasteiger partial charge is 0.382 e. The van der Waals surface area contributed by atoms with Crippen molar-refractivity contribution in [1.82, 2.24) is 29.5 Å². The summed E-state index contributed by atoms with van der Waals surface area (Å²) in [6, 6.07) is 9.77. The first kappa shape index (κ1) is 24.5. The lowest BCUT2D eigenvalue weighted by Crippen LogP contribution is -2.29. The van der Waals surface area contributed by atoms with E-state index in [0.29, 0.717) is 43.1 Å². The van der Waals surface area contributed by atoms with E-state index in [1.807, 2.05) is 29.8 Å². The zero-order valence-corrected chi connectivity index (χ0v) is 20.9. The van der Waals surface area contributed by atoms with E-state index in [0.717, 1.165) is 34.4 Å². The van der Waals surface area contributed by atoms with E-state index in [4.69, 9.17) is 5.73 Å². The molecule has 4 aromatic rings. The second kappa shape index (κ2) is 9.70. The number of carbonyl (C=O) groups is 1. The van der Waals surface area contributed by atoms with Crippen molar-refractivity contribution in [2.75, 3.05) is 32.9 Å². The maximum Gasteiger partial charge on any atom is 0.253 e. The highest BCUT2D eigenvalue weighted by molar-refractivity contribution is 5.94. The van der Waals surface area contributed by atoms with Gasteiger partial charge in [0.05, 0.1) is 5.69 Å². The molecule has 2 N–H and O–H groups in total. The van der Waals surface area contributed by atoms with Gasteiger partial charge in [0.25, 0.3) is 5.91 Å². The second-order valence-corrected chi connectivity index (χ2v) is 9.36. The molecule has 1 aliphatic rings. The SMILES string of the molecule is CN(C)C(=O)c1cc(F)c(C2=CCN(Cc3cc4c(-c5ccc(N)nn5)ccnc4n3C)CC2)c(F)c1. The Balaban J connectivity index is 1.37. The molecule has 0 atom stereocenters. The Labute approximate surface area is 213 Å². The van der Waals surface area contributed by atoms with Crippen LogP contribution in [0.5, 0.6) is 0 Å². The molecule has 0 saturated heterocycles. The fourth-order valence-corrected chi connectivity index (χ4v) is 4.71. The van der Waals surface area contributed by atoms with E-state index in [1.54, 1.807) is 26.4 Å². The van der Waals surface area contributed by atoms with Crippen LogP contribution in [0.4, 0.5) is 14.6 Å². The van der Waals surface area contributed by atoms with E-state index in [-0.39, 0.29) is 11.1 Å². The van der Waals surface area contributed by atoms with E-state index < -0.39 is 17.5 Å². The quantitative estimate of drug-likeness (QED) is 0.444. The van der Waals surface area contributed by atoms with Crippen molar-refractivity contribution < 1.29 is 13.6 Å². The standard InChI is InChI=1S/C27H27F2N7O/c1-34(2)27(37)17-12-21(28)25(22(29)13-17)16-7-10-36(11-8-16)15-18-14-20-19(6-9-31-26(20)35(18)3)23-4-5-24(30)33-32-23/h4-7,9,12-14H,8,10-11,15H2,1-3H3,(H2,30,33). The molecule has 10 heteroatoms. The minimum Gasteiger partial charge on any atom is -0.382 e. The number of hydrogen-bond donors (Lipinski definition) is 1. The Bertz CT molecular complexity index is 1500. The zero-order chi connectivity index (χ0) is 26.3. The van der Waals surface area contributed by atoms with Gasteiger partial charge in [-0.15, -0.1) is 10.2 Å². The monoisotopic (exact) mass is 503 g/mol. The van der Waals surface area contributed by atoms with E-state index in [2.05, 4.69) is 26.1 Å². The number of hydrogen-bond acceptors (Lipinski definition) is 6. The van der Waals surface area contributed by atoms with Crippen molar-refractivity contribution >= 4 is 28.3 Å². The van der Waals surface area contributed by atoms with Crippen LogP contribution in [0.15, 0.2) is 48.7 Å². The maximum atomic E-state index is 14.8. The molecule has 1 amide bonds. The molecule has 0 fully saturated rings. The topological polar surface area (TPSA) is 93.2 Å². The molecule has 0 saturated carbocycles. The van der Waals surface area contributed by atoms with Crippen LogP contribution in [0.2, 0.25) is 0 Å². The van der Waals surface area contributed by atoms with Crippen molar-refractivity contribution in [3.05, 3.63) is 77.1 Å². The number of benzene rings is 1. The third kappa shape index (κ3) is 4.67. The number of anilines is 1. The number of carbonyl (C=O) groups excluding carboxylic acids is 1. The number of pyridine rings is 1. The average Bonchev–Trinajstić information content (AvgIpc) is 3.19. The summed E-state index contributed by atoms with van der Waals surface area (Å²) in [5.74, 6) is -1.52. The zero-order valence-electron chi connectivity index (χ0n) is 20.9. The molecule has 0 radical (unpaired) electrons. The summed E-state index contributed by atoms with van der Waals surface area (Å²) in [5, 5.41) is 9.14. The summed E-state index contributed by atoms with van der Waals surface area (Å²) < 4.78 is 31.7. The van der Waals surface area contributed by atoms with Crippen molar-refractivity contribution in [2.24, 2.45) is 7.05 Å². The molecule has 0 spiro atoms. The Morgan fingerprint density at radius 3 is 2.49 bits per heavy atom. The van der Waals surface area contributed by atoms with Crippen LogP contribution in [0, 0.1) is 11.6 Å². The molecular formula is C27H27F2N7O. The van der Waals surface area contributed by atoms with Crippen molar-refractivity contribution in [2.45, 2.75) is 13.0 Å². The number of nitrogens with zero attached hydrogens (tertiary/aromatic N) is 6. The van der Waals surface area contributed by atoms with Crippen LogP contribution in [0.1, 0.15) is 28.0 Å². The number of nitrogens with two attached hydrogens (primary N) is 1. The summed E-state index contributed by atoms with van der Waals surface area (Å²) >= 11 is 0. The van der Waals surface area contributed by atoms with Crippen molar-refractivity contribution in [3.63, 3.8) is 0 Å².